The van der Waals surface area contributed by atoms with Crippen LogP contribution < -0.4 is 5.32 Å². The van der Waals surface area contributed by atoms with Crippen LogP contribution in [-0.4, -0.2) is 18.6 Å². The summed E-state index contributed by atoms with van der Waals surface area (Å²) in [6.45, 7) is 8.50. The number of ether oxygens (including phenoxy) is 1. The molecule has 0 saturated heterocycles. The monoisotopic (exact) mass is 249 g/mol. The van der Waals surface area contributed by atoms with Gasteiger partial charge >= 0.3 is 0 Å². The molecule has 0 aliphatic carbocycles. The third-order valence-corrected chi connectivity index (χ3v) is 2.71. The van der Waals surface area contributed by atoms with E-state index in [4.69, 9.17) is 4.74 Å². The highest BCUT2D eigenvalue weighted by Gasteiger charge is 2.16. The highest BCUT2D eigenvalue weighted by molar-refractivity contribution is 5.80. The lowest BCUT2D eigenvalue weighted by atomic mass is 10.1. The van der Waals surface area contributed by atoms with Gasteiger partial charge in [0.15, 0.2) is 0 Å². The van der Waals surface area contributed by atoms with Gasteiger partial charge < -0.3 is 10.1 Å². The van der Waals surface area contributed by atoms with Gasteiger partial charge in [0.1, 0.15) is 6.10 Å². The maximum atomic E-state index is 11.9. The van der Waals surface area contributed by atoms with Gasteiger partial charge in [0, 0.05) is 6.61 Å². The largest absolute Gasteiger partial charge is 0.368 e. The Balaban J connectivity index is 2.44. The van der Waals surface area contributed by atoms with Crippen LogP contribution in [-0.2, 0) is 9.53 Å². The summed E-state index contributed by atoms with van der Waals surface area (Å²) >= 11 is 0. The maximum absolute atomic E-state index is 11.9. The summed E-state index contributed by atoms with van der Waals surface area (Å²) in [7, 11) is 0. The lowest BCUT2D eigenvalue weighted by Gasteiger charge is -2.19. The summed E-state index contributed by atoms with van der Waals surface area (Å²) in [5.74, 6) is 0.374. The number of nitrogens with one attached hydrogen (secondary N) is 1. The Labute approximate surface area is 110 Å². The van der Waals surface area contributed by atoms with Crippen molar-refractivity contribution in [1.29, 1.82) is 0 Å². The van der Waals surface area contributed by atoms with Crippen LogP contribution in [0.25, 0.3) is 0 Å². The summed E-state index contributed by atoms with van der Waals surface area (Å²) in [5.41, 5.74) is 1.10. The topological polar surface area (TPSA) is 38.3 Å². The first-order valence-corrected chi connectivity index (χ1v) is 6.47. The quantitative estimate of drug-likeness (QED) is 0.841. The molecule has 2 atom stereocenters. The Kier molecular flexibility index (Phi) is 5.86. The highest BCUT2D eigenvalue weighted by atomic mass is 16.5. The summed E-state index contributed by atoms with van der Waals surface area (Å²) in [4.78, 5) is 11.9. The van der Waals surface area contributed by atoms with Crippen molar-refractivity contribution in [3.05, 3.63) is 35.9 Å². The van der Waals surface area contributed by atoms with E-state index in [1.54, 1.807) is 6.92 Å². The fourth-order valence-corrected chi connectivity index (χ4v) is 1.57. The molecule has 0 radical (unpaired) electrons. The van der Waals surface area contributed by atoms with Crippen molar-refractivity contribution in [3.8, 4) is 0 Å². The molecule has 0 spiro atoms. The molecule has 0 aromatic heterocycles. The van der Waals surface area contributed by atoms with Crippen LogP contribution in [0.4, 0.5) is 0 Å². The van der Waals surface area contributed by atoms with Gasteiger partial charge in [-0.1, -0.05) is 44.2 Å². The fraction of sp³-hybridized carbons (Fsp3) is 0.533. The van der Waals surface area contributed by atoms with Crippen LogP contribution in [0.3, 0.4) is 0 Å². The van der Waals surface area contributed by atoms with Crippen LogP contribution in [0, 0.1) is 5.92 Å². The Morgan fingerprint density at radius 1 is 1.17 bits per heavy atom. The second-order valence-electron chi connectivity index (χ2n) is 5.01. The number of rotatable bonds is 6. The molecular formula is C15H23NO2. The normalized spacial score (nSPS) is 14.3. The number of carbonyl (C=O) groups is 1. The first kappa shape index (κ1) is 14.7. The van der Waals surface area contributed by atoms with Crippen molar-refractivity contribution in [2.75, 3.05) is 6.61 Å². The van der Waals surface area contributed by atoms with E-state index in [1.165, 1.54) is 0 Å². The van der Waals surface area contributed by atoms with E-state index in [0.29, 0.717) is 12.5 Å². The van der Waals surface area contributed by atoms with Gasteiger partial charge in [-0.2, -0.15) is 0 Å². The van der Waals surface area contributed by atoms with E-state index in [1.807, 2.05) is 37.3 Å². The molecule has 1 aromatic rings. The zero-order chi connectivity index (χ0) is 13.5. The smallest absolute Gasteiger partial charge is 0.249 e. The molecule has 0 bridgehead atoms. The Bertz CT molecular complexity index is 362. The second-order valence-corrected chi connectivity index (χ2v) is 5.01. The van der Waals surface area contributed by atoms with Gasteiger partial charge in [0.05, 0.1) is 6.04 Å². The molecule has 1 amide bonds. The van der Waals surface area contributed by atoms with Crippen LogP contribution in [0.5, 0.6) is 0 Å². The number of hydrogen-bond acceptors (Lipinski definition) is 2. The number of amides is 1. The molecule has 100 valence electrons. The third-order valence-electron chi connectivity index (χ3n) is 2.71. The van der Waals surface area contributed by atoms with Crippen LogP contribution in [0.2, 0.25) is 0 Å². The van der Waals surface area contributed by atoms with Crippen LogP contribution >= 0.6 is 0 Å². The zero-order valence-corrected chi connectivity index (χ0v) is 11.6. The van der Waals surface area contributed by atoms with Gasteiger partial charge in [-0.15, -0.1) is 0 Å². The molecule has 1 aromatic carbocycles. The van der Waals surface area contributed by atoms with E-state index in [9.17, 15) is 4.79 Å². The first-order valence-electron chi connectivity index (χ1n) is 6.47. The minimum absolute atomic E-state index is 0.00352. The van der Waals surface area contributed by atoms with Crippen molar-refractivity contribution in [1.82, 2.24) is 5.32 Å². The van der Waals surface area contributed by atoms with Gasteiger partial charge in [-0.25, -0.2) is 0 Å². The summed E-state index contributed by atoms with van der Waals surface area (Å²) in [6.07, 6.45) is -0.404. The summed E-state index contributed by atoms with van der Waals surface area (Å²) in [5, 5.41) is 2.96. The number of benzene rings is 1. The van der Waals surface area contributed by atoms with Crippen molar-refractivity contribution >= 4 is 5.91 Å². The molecule has 1 rings (SSSR count). The summed E-state index contributed by atoms with van der Waals surface area (Å²) in [6, 6.07) is 9.92. The van der Waals surface area contributed by atoms with E-state index >= 15 is 0 Å². The van der Waals surface area contributed by atoms with Crippen molar-refractivity contribution in [3.63, 3.8) is 0 Å². The lowest BCUT2D eigenvalue weighted by molar-refractivity contribution is -0.133. The van der Waals surface area contributed by atoms with Gasteiger partial charge in [0.25, 0.3) is 0 Å². The van der Waals surface area contributed by atoms with E-state index < -0.39 is 6.10 Å². The van der Waals surface area contributed by atoms with Crippen molar-refractivity contribution < 1.29 is 9.53 Å². The SMILES string of the molecule is CC(C)CO[C@@H](C)C(=O)N[C@H](C)c1ccccc1. The number of hydrogen-bond donors (Lipinski definition) is 1. The first-order chi connectivity index (χ1) is 8.50. The second kappa shape index (κ2) is 7.17. The molecule has 0 unspecified atom stereocenters. The molecule has 3 nitrogen and oxygen atoms in total. The molecule has 18 heavy (non-hydrogen) atoms. The molecule has 0 aliphatic rings. The molecule has 0 aliphatic heterocycles. The lowest BCUT2D eigenvalue weighted by Crippen LogP contribution is -2.36. The predicted octanol–water partition coefficient (Wildman–Crippen LogP) is 2.92. The predicted molar refractivity (Wildman–Crippen MR) is 73.3 cm³/mol. The standard InChI is InChI=1S/C15H23NO2/c1-11(2)10-18-13(4)15(17)16-12(3)14-8-6-5-7-9-14/h5-9,11-13H,10H2,1-4H3,(H,16,17)/t12-,13+/m1/s1. The zero-order valence-electron chi connectivity index (χ0n) is 11.6. The average Bonchev–Trinajstić information content (AvgIpc) is 2.36. The number of carbonyl (C=O) groups excluding carboxylic acids is 1. The molecule has 1 N–H and O–H groups in total. The van der Waals surface area contributed by atoms with Gasteiger partial charge in [0.2, 0.25) is 5.91 Å². The summed E-state index contributed by atoms with van der Waals surface area (Å²) < 4.78 is 5.49. The van der Waals surface area contributed by atoms with Crippen LogP contribution in [0.1, 0.15) is 39.3 Å². The van der Waals surface area contributed by atoms with Crippen molar-refractivity contribution in [2.24, 2.45) is 5.92 Å². The van der Waals surface area contributed by atoms with Crippen LogP contribution in [0.15, 0.2) is 30.3 Å². The van der Waals surface area contributed by atoms with Gasteiger partial charge in [-0.3, -0.25) is 4.79 Å². The van der Waals surface area contributed by atoms with E-state index in [2.05, 4.69) is 19.2 Å². The third kappa shape index (κ3) is 4.88. The van der Waals surface area contributed by atoms with E-state index in [0.717, 1.165) is 5.56 Å². The molecular weight excluding hydrogens is 226 g/mol. The minimum atomic E-state index is -0.404. The molecule has 0 heterocycles. The highest BCUT2D eigenvalue weighted by Crippen LogP contribution is 2.11. The Hall–Kier alpha value is -1.35. The fourth-order valence-electron chi connectivity index (χ4n) is 1.57. The van der Waals surface area contributed by atoms with Crippen molar-refractivity contribution in [2.45, 2.75) is 39.8 Å². The maximum Gasteiger partial charge on any atom is 0.249 e. The minimum Gasteiger partial charge on any atom is -0.368 e. The molecule has 3 heteroatoms. The van der Waals surface area contributed by atoms with Gasteiger partial charge in [-0.05, 0) is 25.3 Å². The molecule has 0 fully saturated rings. The Morgan fingerprint density at radius 3 is 2.33 bits per heavy atom. The Morgan fingerprint density at radius 2 is 1.78 bits per heavy atom. The molecule has 0 saturated carbocycles. The van der Waals surface area contributed by atoms with E-state index in [-0.39, 0.29) is 11.9 Å². The average molecular weight is 249 g/mol.